The number of ether oxygens (including phenoxy) is 2. The average Bonchev–Trinajstić information content (AvgIpc) is 3.20. The van der Waals surface area contributed by atoms with Crippen molar-refractivity contribution in [2.45, 2.75) is 96.6 Å². The van der Waals surface area contributed by atoms with Crippen molar-refractivity contribution in [2.24, 2.45) is 46.3 Å². The number of aliphatic hydroxyl groups is 2. The molecule has 4 nitrogen and oxygen atoms in total. The van der Waals surface area contributed by atoms with Crippen molar-refractivity contribution < 1.29 is 19.7 Å². The second kappa shape index (κ2) is 7.04. The Hall–Kier alpha value is -0.420. The van der Waals surface area contributed by atoms with Crippen LogP contribution in [0, 0.1) is 46.3 Å². The smallest absolute Gasteiger partial charge is 0.171 e. The van der Waals surface area contributed by atoms with Crippen LogP contribution in [0.25, 0.3) is 0 Å². The molecule has 0 aromatic heterocycles. The minimum absolute atomic E-state index is 0.123. The number of allylic oxidation sites excluding steroid dienone is 1. The molecule has 31 heavy (non-hydrogen) atoms. The van der Waals surface area contributed by atoms with Crippen LogP contribution in [0.4, 0.5) is 0 Å². The Bertz CT molecular complexity index is 754. The van der Waals surface area contributed by atoms with Crippen LogP contribution in [0.15, 0.2) is 11.6 Å². The van der Waals surface area contributed by atoms with Crippen LogP contribution >= 0.6 is 0 Å². The minimum Gasteiger partial charge on any atom is -0.396 e. The van der Waals surface area contributed by atoms with E-state index >= 15 is 0 Å². The first-order valence-electron chi connectivity index (χ1n) is 13.1. The van der Waals surface area contributed by atoms with E-state index in [-0.39, 0.29) is 18.6 Å². The summed E-state index contributed by atoms with van der Waals surface area (Å²) in [5, 5.41) is 19.8. The number of aliphatic hydroxyl groups excluding tert-OH is 2. The van der Waals surface area contributed by atoms with Gasteiger partial charge >= 0.3 is 0 Å². The molecule has 5 fully saturated rings. The molecule has 1 spiro atoms. The van der Waals surface area contributed by atoms with Crippen molar-refractivity contribution >= 4 is 0 Å². The first kappa shape index (κ1) is 21.1. The zero-order valence-corrected chi connectivity index (χ0v) is 19.7. The minimum atomic E-state index is -0.406. The van der Waals surface area contributed by atoms with Gasteiger partial charge in [0.1, 0.15) is 0 Å². The van der Waals surface area contributed by atoms with Crippen LogP contribution in [-0.2, 0) is 9.47 Å². The van der Waals surface area contributed by atoms with E-state index in [1.807, 2.05) is 0 Å². The number of hydrogen-bond acceptors (Lipinski definition) is 4. The van der Waals surface area contributed by atoms with Gasteiger partial charge in [0.05, 0.1) is 18.8 Å². The van der Waals surface area contributed by atoms with Crippen LogP contribution in [0.5, 0.6) is 0 Å². The fraction of sp³-hybridized carbons (Fsp3) is 0.926. The number of hydrogen-bond donors (Lipinski definition) is 2. The van der Waals surface area contributed by atoms with E-state index < -0.39 is 5.79 Å². The molecule has 0 radical (unpaired) electrons. The van der Waals surface area contributed by atoms with Crippen molar-refractivity contribution in [3.63, 3.8) is 0 Å². The maximum Gasteiger partial charge on any atom is 0.171 e. The molecule has 0 amide bonds. The summed E-state index contributed by atoms with van der Waals surface area (Å²) in [5.41, 5.74) is 2.22. The third-order valence-electron chi connectivity index (χ3n) is 11.5. The van der Waals surface area contributed by atoms with E-state index in [0.29, 0.717) is 35.4 Å². The molecule has 6 rings (SSSR count). The fourth-order valence-corrected chi connectivity index (χ4v) is 9.74. The normalized spacial score (nSPS) is 58.3. The molecule has 0 aromatic rings. The predicted molar refractivity (Wildman–Crippen MR) is 119 cm³/mol. The van der Waals surface area contributed by atoms with Crippen LogP contribution < -0.4 is 0 Å². The standard InChI is InChI=1S/C27H42O4/c1-16-24-23(31-27(16)11-6-17(14-28)15-30-27)13-22-20-5-4-18-12-19(29)7-9-25(18,2)21(20)8-10-26(22,24)3/h4,16-17,19-24,28-29H,5-15H2,1-3H3/t16-,17-,19-,20+,21-,22-,23-,24-,25-,26-,27+/m0/s1. The molecule has 0 bridgehead atoms. The van der Waals surface area contributed by atoms with Crippen molar-refractivity contribution in [1.29, 1.82) is 0 Å². The average molecular weight is 431 g/mol. The molecule has 2 heterocycles. The Kier molecular flexibility index (Phi) is 4.80. The Morgan fingerprint density at radius 1 is 1.10 bits per heavy atom. The van der Waals surface area contributed by atoms with Crippen molar-refractivity contribution in [3.8, 4) is 0 Å². The Labute approximate surface area is 187 Å². The van der Waals surface area contributed by atoms with Gasteiger partial charge in [0.2, 0.25) is 0 Å². The Morgan fingerprint density at radius 3 is 2.68 bits per heavy atom. The maximum atomic E-state index is 10.3. The van der Waals surface area contributed by atoms with Gasteiger partial charge in [-0.15, -0.1) is 0 Å². The summed E-state index contributed by atoms with van der Waals surface area (Å²) < 4.78 is 13.2. The molecule has 2 saturated heterocycles. The zero-order chi connectivity index (χ0) is 21.6. The Morgan fingerprint density at radius 2 is 1.94 bits per heavy atom. The fourth-order valence-electron chi connectivity index (χ4n) is 9.74. The molecule has 174 valence electrons. The van der Waals surface area contributed by atoms with Crippen LogP contribution in [0.2, 0.25) is 0 Å². The van der Waals surface area contributed by atoms with Gasteiger partial charge < -0.3 is 19.7 Å². The molecule has 0 aromatic carbocycles. The maximum absolute atomic E-state index is 10.3. The summed E-state index contributed by atoms with van der Waals surface area (Å²) in [7, 11) is 0. The van der Waals surface area contributed by atoms with Crippen molar-refractivity contribution in [1.82, 2.24) is 0 Å². The van der Waals surface area contributed by atoms with E-state index in [0.717, 1.165) is 49.9 Å². The first-order chi connectivity index (χ1) is 14.8. The van der Waals surface area contributed by atoms with E-state index in [4.69, 9.17) is 9.47 Å². The lowest BCUT2D eigenvalue weighted by atomic mass is 9.47. The zero-order valence-electron chi connectivity index (χ0n) is 19.7. The quantitative estimate of drug-likeness (QED) is 0.593. The van der Waals surface area contributed by atoms with Crippen LogP contribution in [0.1, 0.15) is 78.6 Å². The molecule has 0 unspecified atom stereocenters. The second-order valence-corrected chi connectivity index (χ2v) is 12.6. The van der Waals surface area contributed by atoms with Crippen molar-refractivity contribution in [2.75, 3.05) is 13.2 Å². The summed E-state index contributed by atoms with van der Waals surface area (Å²) >= 11 is 0. The predicted octanol–water partition coefficient (Wildman–Crippen LogP) is 4.69. The summed E-state index contributed by atoms with van der Waals surface area (Å²) in [6.45, 7) is 8.37. The molecule has 4 aliphatic carbocycles. The molecule has 11 atom stereocenters. The van der Waals surface area contributed by atoms with Gasteiger partial charge in [0.25, 0.3) is 0 Å². The molecule has 6 aliphatic rings. The number of fused-ring (bicyclic) bond motifs is 7. The molecular weight excluding hydrogens is 388 g/mol. The largest absolute Gasteiger partial charge is 0.396 e. The van der Waals surface area contributed by atoms with Gasteiger partial charge in [0.15, 0.2) is 5.79 Å². The third-order valence-corrected chi connectivity index (χ3v) is 11.5. The highest BCUT2D eigenvalue weighted by Crippen LogP contribution is 2.70. The highest BCUT2D eigenvalue weighted by atomic mass is 16.7. The van der Waals surface area contributed by atoms with Gasteiger partial charge in [-0.05, 0) is 85.9 Å². The Balaban J connectivity index is 1.26. The van der Waals surface area contributed by atoms with Crippen LogP contribution in [0.3, 0.4) is 0 Å². The SMILES string of the molecule is C[C@H]1[C@H]2[C@H](C[C@H]3[C@@H]4CC=C5C[C@@H](O)CC[C@]5(C)[C@H]4CC[C@]23C)O[C@]12CC[C@@H](CO)CO2. The highest BCUT2D eigenvalue weighted by Gasteiger charge is 2.68. The topological polar surface area (TPSA) is 58.9 Å². The van der Waals surface area contributed by atoms with E-state index in [1.165, 1.54) is 25.7 Å². The van der Waals surface area contributed by atoms with Crippen molar-refractivity contribution in [3.05, 3.63) is 11.6 Å². The van der Waals surface area contributed by atoms with Gasteiger partial charge in [-0.1, -0.05) is 32.4 Å². The highest BCUT2D eigenvalue weighted by molar-refractivity contribution is 5.26. The molecule has 2 N–H and O–H groups in total. The van der Waals surface area contributed by atoms with Gasteiger partial charge in [-0.3, -0.25) is 0 Å². The monoisotopic (exact) mass is 430 g/mol. The van der Waals surface area contributed by atoms with Crippen LogP contribution in [-0.4, -0.2) is 41.4 Å². The van der Waals surface area contributed by atoms with Gasteiger partial charge in [-0.25, -0.2) is 0 Å². The summed E-state index contributed by atoms with van der Waals surface area (Å²) in [4.78, 5) is 0. The van der Waals surface area contributed by atoms with Gasteiger partial charge in [-0.2, -0.15) is 0 Å². The third kappa shape index (κ3) is 2.80. The molecule has 3 saturated carbocycles. The second-order valence-electron chi connectivity index (χ2n) is 12.6. The van der Waals surface area contributed by atoms with E-state index in [9.17, 15) is 10.2 Å². The summed E-state index contributed by atoms with van der Waals surface area (Å²) in [6.07, 6.45) is 12.8. The van der Waals surface area contributed by atoms with E-state index in [2.05, 4.69) is 26.8 Å². The summed E-state index contributed by atoms with van der Waals surface area (Å²) in [6, 6.07) is 0. The van der Waals surface area contributed by atoms with E-state index in [1.54, 1.807) is 5.57 Å². The lowest BCUT2D eigenvalue weighted by molar-refractivity contribution is -0.275. The van der Waals surface area contributed by atoms with Gasteiger partial charge in [0, 0.05) is 24.9 Å². The summed E-state index contributed by atoms with van der Waals surface area (Å²) in [5.74, 6) is 3.18. The molecule has 2 aliphatic heterocycles. The number of rotatable bonds is 1. The first-order valence-corrected chi connectivity index (χ1v) is 13.1. The lowest BCUT2D eigenvalue weighted by Crippen LogP contribution is -2.52. The molecule has 4 heteroatoms. The lowest BCUT2D eigenvalue weighted by Gasteiger charge is -2.58. The molecular formula is C27H42O4.